The van der Waals surface area contributed by atoms with Gasteiger partial charge in [-0.1, -0.05) is 31.9 Å². The number of rotatable bonds is 12. The van der Waals surface area contributed by atoms with Crippen LogP contribution in [0.3, 0.4) is 0 Å². The number of benzene rings is 2. The van der Waals surface area contributed by atoms with Gasteiger partial charge in [-0.25, -0.2) is 4.98 Å². The fraction of sp³-hybridized carbons (Fsp3) is 0.357. The minimum Gasteiger partial charge on any atom is -0.493 e. The van der Waals surface area contributed by atoms with Crippen molar-refractivity contribution >= 4 is 17.4 Å². The van der Waals surface area contributed by atoms with Crippen LogP contribution in [-0.2, 0) is 13.2 Å². The van der Waals surface area contributed by atoms with Crippen LogP contribution in [0, 0.1) is 0 Å². The highest BCUT2D eigenvalue weighted by molar-refractivity contribution is 6.05. The molecule has 0 aliphatic carbocycles. The molecule has 0 radical (unpaired) electrons. The molecule has 0 aliphatic rings. The Morgan fingerprint density at radius 3 is 2.19 bits per heavy atom. The zero-order valence-electron chi connectivity index (χ0n) is 22.0. The second-order valence-corrected chi connectivity index (χ2v) is 8.16. The van der Waals surface area contributed by atoms with Crippen LogP contribution >= 0.6 is 0 Å². The number of aliphatic hydroxyl groups excluding tert-OH is 1. The number of pyridine rings is 1. The molecule has 0 fully saturated rings. The maximum atomic E-state index is 12.2. The standard InChI is InChI=1S/C18H24N4O.C10H14O4/c1-2-3-4-11-20-13-14-7-9-15(10-8-14)18(23)22-16-6-5-12-21-17(16)19;1-12-8-4-7(6-11)5-9(13-2)10(8)14-3/h5-10,12,20H,2-4,11,13H2,1H3,(H2,19,21)(H,22,23);4-5,11H,6H2,1-3H3. The van der Waals surface area contributed by atoms with Crippen molar-refractivity contribution in [1.82, 2.24) is 10.3 Å². The zero-order chi connectivity index (χ0) is 27.0. The van der Waals surface area contributed by atoms with Crippen molar-refractivity contribution in [3.63, 3.8) is 0 Å². The van der Waals surface area contributed by atoms with E-state index >= 15 is 0 Å². The summed E-state index contributed by atoms with van der Waals surface area (Å²) in [7, 11) is 4.62. The number of carbonyl (C=O) groups is 1. The molecule has 1 heterocycles. The number of anilines is 2. The van der Waals surface area contributed by atoms with Crippen LogP contribution < -0.4 is 30.6 Å². The molecule has 0 atom stereocenters. The van der Waals surface area contributed by atoms with Crippen molar-refractivity contribution in [2.45, 2.75) is 39.3 Å². The van der Waals surface area contributed by atoms with E-state index in [9.17, 15) is 4.79 Å². The number of aliphatic hydroxyl groups is 1. The van der Waals surface area contributed by atoms with Crippen LogP contribution in [0.15, 0.2) is 54.7 Å². The summed E-state index contributed by atoms with van der Waals surface area (Å²) in [4.78, 5) is 16.1. The van der Waals surface area contributed by atoms with Crippen LogP contribution in [0.5, 0.6) is 17.2 Å². The first-order chi connectivity index (χ1) is 18.0. The van der Waals surface area contributed by atoms with E-state index in [1.54, 1.807) is 51.8 Å². The van der Waals surface area contributed by atoms with E-state index in [0.29, 0.717) is 34.3 Å². The molecule has 0 aliphatic heterocycles. The molecule has 2 aromatic carbocycles. The molecule has 5 N–H and O–H groups in total. The van der Waals surface area contributed by atoms with Gasteiger partial charge in [0, 0.05) is 18.3 Å². The summed E-state index contributed by atoms with van der Waals surface area (Å²) < 4.78 is 15.3. The highest BCUT2D eigenvalue weighted by Crippen LogP contribution is 2.38. The van der Waals surface area contributed by atoms with Crippen molar-refractivity contribution in [2.24, 2.45) is 0 Å². The lowest BCUT2D eigenvalue weighted by Crippen LogP contribution is -2.15. The predicted molar refractivity (Wildman–Crippen MR) is 146 cm³/mol. The van der Waals surface area contributed by atoms with Gasteiger partial charge < -0.3 is 35.7 Å². The Bertz CT molecular complexity index is 1080. The van der Waals surface area contributed by atoms with Crippen molar-refractivity contribution in [3.05, 3.63) is 71.4 Å². The van der Waals surface area contributed by atoms with Crippen LogP contribution in [0.1, 0.15) is 47.7 Å². The van der Waals surface area contributed by atoms with E-state index < -0.39 is 0 Å². The van der Waals surface area contributed by atoms with Gasteiger partial charge in [0.2, 0.25) is 5.75 Å². The number of carbonyl (C=O) groups excluding carboxylic acids is 1. The van der Waals surface area contributed by atoms with Crippen LogP contribution in [0.2, 0.25) is 0 Å². The monoisotopic (exact) mass is 510 g/mol. The van der Waals surface area contributed by atoms with Crippen LogP contribution in [0.25, 0.3) is 0 Å². The summed E-state index contributed by atoms with van der Waals surface area (Å²) in [5.74, 6) is 1.76. The molecule has 0 saturated carbocycles. The number of methoxy groups -OCH3 is 3. The molecule has 37 heavy (non-hydrogen) atoms. The third-order valence-electron chi connectivity index (χ3n) is 5.50. The minimum absolute atomic E-state index is 0.0588. The molecule has 3 aromatic rings. The second-order valence-electron chi connectivity index (χ2n) is 8.16. The number of nitrogens with two attached hydrogens (primary N) is 1. The topological polar surface area (TPSA) is 128 Å². The van der Waals surface area contributed by atoms with Crippen molar-refractivity contribution < 1.29 is 24.1 Å². The number of hydrogen-bond donors (Lipinski definition) is 4. The number of hydrogen-bond acceptors (Lipinski definition) is 8. The normalized spacial score (nSPS) is 10.2. The lowest BCUT2D eigenvalue weighted by molar-refractivity contribution is 0.102. The third-order valence-corrected chi connectivity index (χ3v) is 5.50. The molecular formula is C28H38N4O5. The SMILES string of the molecule is CCCCCNCc1ccc(C(=O)Nc2cccnc2N)cc1.COc1cc(CO)cc(OC)c1OC. The van der Waals surface area contributed by atoms with Gasteiger partial charge in [0.05, 0.1) is 33.6 Å². The van der Waals surface area contributed by atoms with Crippen molar-refractivity contribution in [2.75, 3.05) is 38.9 Å². The number of nitrogen functional groups attached to an aromatic ring is 1. The Hall–Kier alpha value is -3.82. The third kappa shape index (κ3) is 9.29. The largest absolute Gasteiger partial charge is 0.493 e. The summed E-state index contributed by atoms with van der Waals surface area (Å²) in [6.45, 7) is 3.98. The molecule has 0 saturated heterocycles. The van der Waals surface area contributed by atoms with E-state index in [0.717, 1.165) is 18.7 Å². The van der Waals surface area contributed by atoms with E-state index in [1.165, 1.54) is 24.8 Å². The molecule has 0 bridgehead atoms. The predicted octanol–water partition coefficient (Wildman–Crippen LogP) is 4.40. The first kappa shape index (κ1) is 29.4. The Kier molecular flexibility index (Phi) is 12.7. The van der Waals surface area contributed by atoms with Gasteiger partial charge in [0.25, 0.3) is 5.91 Å². The maximum Gasteiger partial charge on any atom is 0.255 e. The number of nitrogens with zero attached hydrogens (tertiary/aromatic N) is 1. The molecule has 0 spiro atoms. The van der Waals surface area contributed by atoms with Gasteiger partial charge >= 0.3 is 0 Å². The maximum absolute atomic E-state index is 12.2. The number of ether oxygens (including phenoxy) is 3. The van der Waals surface area contributed by atoms with E-state index in [1.807, 2.05) is 24.3 Å². The zero-order valence-corrected chi connectivity index (χ0v) is 22.0. The summed E-state index contributed by atoms with van der Waals surface area (Å²) in [5.41, 5.74) is 8.74. The summed E-state index contributed by atoms with van der Waals surface area (Å²) >= 11 is 0. The first-order valence-electron chi connectivity index (χ1n) is 12.2. The fourth-order valence-electron chi connectivity index (χ4n) is 3.45. The number of nitrogens with one attached hydrogen (secondary N) is 2. The molecule has 200 valence electrons. The molecule has 9 heteroatoms. The van der Waals surface area contributed by atoms with Gasteiger partial charge in [-0.15, -0.1) is 0 Å². The van der Waals surface area contributed by atoms with Crippen molar-refractivity contribution in [3.8, 4) is 17.2 Å². The molecule has 1 amide bonds. The average Bonchev–Trinajstić information content (AvgIpc) is 2.93. The molecular weight excluding hydrogens is 472 g/mol. The Balaban J connectivity index is 0.000000294. The molecule has 1 aromatic heterocycles. The first-order valence-corrected chi connectivity index (χ1v) is 12.2. The van der Waals surface area contributed by atoms with Crippen LogP contribution in [-0.4, -0.2) is 43.9 Å². The summed E-state index contributed by atoms with van der Waals surface area (Å²) in [6.07, 6.45) is 5.27. The van der Waals surface area contributed by atoms with E-state index in [-0.39, 0.29) is 12.5 Å². The highest BCUT2D eigenvalue weighted by atomic mass is 16.5. The van der Waals surface area contributed by atoms with Gasteiger partial charge in [-0.2, -0.15) is 0 Å². The highest BCUT2D eigenvalue weighted by Gasteiger charge is 2.12. The van der Waals surface area contributed by atoms with Crippen LogP contribution in [0.4, 0.5) is 11.5 Å². The quantitative estimate of drug-likeness (QED) is 0.264. The number of aromatic nitrogens is 1. The Morgan fingerprint density at radius 2 is 1.65 bits per heavy atom. The summed E-state index contributed by atoms with van der Waals surface area (Å²) in [5, 5.41) is 15.2. The van der Waals surface area contributed by atoms with E-state index in [4.69, 9.17) is 25.1 Å². The van der Waals surface area contributed by atoms with Gasteiger partial charge in [-0.05, 0) is 60.5 Å². The van der Waals surface area contributed by atoms with Gasteiger partial charge in [0.1, 0.15) is 5.82 Å². The van der Waals surface area contributed by atoms with Gasteiger partial charge in [-0.3, -0.25) is 4.79 Å². The fourth-order valence-corrected chi connectivity index (χ4v) is 3.45. The second kappa shape index (κ2) is 16.0. The summed E-state index contributed by atoms with van der Waals surface area (Å²) in [6, 6.07) is 14.5. The molecule has 9 nitrogen and oxygen atoms in total. The molecule has 0 unspecified atom stereocenters. The Labute approximate surface area is 219 Å². The minimum atomic E-state index is -0.188. The van der Waals surface area contributed by atoms with Gasteiger partial charge in [0.15, 0.2) is 11.5 Å². The van der Waals surface area contributed by atoms with E-state index in [2.05, 4.69) is 22.5 Å². The number of amides is 1. The Morgan fingerprint density at radius 1 is 0.973 bits per heavy atom. The lowest BCUT2D eigenvalue weighted by Gasteiger charge is -2.13. The molecule has 3 rings (SSSR count). The number of unbranched alkanes of at least 4 members (excludes halogenated alkanes) is 2. The van der Waals surface area contributed by atoms with Crippen molar-refractivity contribution in [1.29, 1.82) is 0 Å². The lowest BCUT2D eigenvalue weighted by atomic mass is 10.1. The smallest absolute Gasteiger partial charge is 0.255 e. The average molecular weight is 511 g/mol.